The summed E-state index contributed by atoms with van der Waals surface area (Å²) in [7, 11) is 0. The summed E-state index contributed by atoms with van der Waals surface area (Å²) in [4.78, 5) is 1.25. The van der Waals surface area contributed by atoms with E-state index in [9.17, 15) is 0 Å². The highest BCUT2D eigenvalue weighted by Gasteiger charge is 2.31. The minimum absolute atomic E-state index is 0.0591. The van der Waals surface area contributed by atoms with Crippen LogP contribution >= 0.6 is 11.8 Å². The quantitative estimate of drug-likeness (QED) is 0.710. The molecule has 0 radical (unpaired) electrons. The molecule has 0 saturated heterocycles. The molecule has 0 N–H and O–H groups in total. The Morgan fingerprint density at radius 2 is 2.06 bits per heavy atom. The van der Waals surface area contributed by atoms with Crippen molar-refractivity contribution >= 4 is 17.8 Å². The number of fused-ring (bicyclic) bond motifs is 1. The molecule has 1 aromatic carbocycles. The van der Waals surface area contributed by atoms with Crippen molar-refractivity contribution in [2.45, 2.75) is 44.6 Å². The fraction of sp³-hybridized carbons (Fsp3) is 0.467. The first-order chi connectivity index (χ1) is 7.91. The summed E-state index contributed by atoms with van der Waals surface area (Å²) in [5.74, 6) is 1.09. The third-order valence-corrected chi connectivity index (χ3v) is 3.57. The van der Waals surface area contributed by atoms with Crippen LogP contribution in [0, 0.1) is 0 Å². The summed E-state index contributed by atoms with van der Waals surface area (Å²) in [6.45, 7) is 8.56. The monoisotopic (exact) mass is 248 g/mol. The van der Waals surface area contributed by atoms with Gasteiger partial charge in [0.25, 0.3) is 0 Å². The van der Waals surface area contributed by atoms with Gasteiger partial charge in [0.15, 0.2) is 0 Å². The van der Waals surface area contributed by atoms with Crippen LogP contribution in [0.25, 0.3) is 6.08 Å². The second kappa shape index (κ2) is 4.41. The third kappa shape index (κ3) is 2.68. The van der Waals surface area contributed by atoms with Crippen molar-refractivity contribution in [3.8, 4) is 5.75 Å². The summed E-state index contributed by atoms with van der Waals surface area (Å²) in [5, 5.41) is 0. The summed E-state index contributed by atoms with van der Waals surface area (Å²) in [6, 6.07) is 4.48. The maximum Gasteiger partial charge on any atom is 0.137 e. The Balaban J connectivity index is 2.49. The lowest BCUT2D eigenvalue weighted by molar-refractivity contribution is 0.135. The molecular weight excluding hydrogens is 228 g/mol. The molecule has 92 valence electrons. The maximum absolute atomic E-state index is 6.03. The van der Waals surface area contributed by atoms with E-state index in [-0.39, 0.29) is 5.60 Å². The van der Waals surface area contributed by atoms with Crippen LogP contribution in [0.4, 0.5) is 0 Å². The molecule has 1 aromatic rings. The Morgan fingerprint density at radius 3 is 2.65 bits per heavy atom. The average Bonchev–Trinajstić information content (AvgIpc) is 2.49. The molecule has 0 aromatic heterocycles. The fourth-order valence-corrected chi connectivity index (χ4v) is 2.88. The molecule has 0 spiro atoms. The molecule has 0 bridgehead atoms. The highest BCUT2D eigenvalue weighted by atomic mass is 32.2. The van der Waals surface area contributed by atoms with E-state index in [1.807, 2.05) is 0 Å². The predicted molar refractivity (Wildman–Crippen MR) is 76.0 cm³/mol. The lowest BCUT2D eigenvalue weighted by atomic mass is 10.00. The molecule has 0 aliphatic carbocycles. The summed E-state index contributed by atoms with van der Waals surface area (Å²) < 4.78 is 6.03. The van der Waals surface area contributed by atoms with E-state index >= 15 is 0 Å². The van der Waals surface area contributed by atoms with Crippen molar-refractivity contribution < 1.29 is 4.74 Å². The number of benzene rings is 1. The first kappa shape index (κ1) is 12.6. The van der Waals surface area contributed by atoms with Gasteiger partial charge in [0.1, 0.15) is 11.4 Å². The maximum atomic E-state index is 6.03. The van der Waals surface area contributed by atoms with E-state index in [1.54, 1.807) is 11.8 Å². The van der Waals surface area contributed by atoms with Gasteiger partial charge in [-0.25, -0.2) is 0 Å². The third-order valence-electron chi connectivity index (χ3n) is 2.82. The van der Waals surface area contributed by atoms with E-state index < -0.39 is 0 Å². The second-order valence-electron chi connectivity index (χ2n) is 5.47. The minimum Gasteiger partial charge on any atom is -0.486 e. The van der Waals surface area contributed by atoms with Crippen LogP contribution in [0.2, 0.25) is 0 Å². The van der Waals surface area contributed by atoms with Crippen LogP contribution in [0.1, 0.15) is 38.8 Å². The highest BCUT2D eigenvalue weighted by Crippen LogP contribution is 2.42. The summed E-state index contributed by atoms with van der Waals surface area (Å²) in [5.41, 5.74) is 3.90. The van der Waals surface area contributed by atoms with Crippen LogP contribution in [-0.4, -0.2) is 11.9 Å². The zero-order valence-corrected chi connectivity index (χ0v) is 12.1. The molecular formula is C15H20OS. The molecule has 2 heteroatoms. The largest absolute Gasteiger partial charge is 0.486 e. The van der Waals surface area contributed by atoms with Gasteiger partial charge in [0.05, 0.1) is 4.90 Å². The van der Waals surface area contributed by atoms with Crippen LogP contribution < -0.4 is 4.74 Å². The van der Waals surface area contributed by atoms with E-state index in [4.69, 9.17) is 4.74 Å². The lowest BCUT2D eigenvalue weighted by Gasteiger charge is -2.17. The van der Waals surface area contributed by atoms with Crippen LogP contribution in [-0.2, 0) is 6.42 Å². The van der Waals surface area contributed by atoms with Crippen LogP contribution in [0.5, 0.6) is 5.75 Å². The molecule has 0 unspecified atom stereocenters. The molecule has 1 heterocycles. The van der Waals surface area contributed by atoms with Gasteiger partial charge < -0.3 is 4.74 Å². The molecule has 1 nitrogen and oxygen atoms in total. The Hall–Kier alpha value is -0.890. The standard InChI is InChI=1S/C15H20OS/c1-10(2)6-11-7-12-9-15(3,4)16-14(12)13(8-11)17-5/h6-8H,9H2,1-5H3. The molecule has 0 atom stereocenters. The van der Waals surface area contributed by atoms with Gasteiger partial charge in [-0.1, -0.05) is 11.6 Å². The topological polar surface area (TPSA) is 9.23 Å². The highest BCUT2D eigenvalue weighted by molar-refractivity contribution is 7.98. The number of thioether (sulfide) groups is 1. The van der Waals surface area contributed by atoms with Crippen LogP contribution in [0.3, 0.4) is 0 Å². The van der Waals surface area contributed by atoms with Gasteiger partial charge in [-0.15, -0.1) is 11.8 Å². The first-order valence-electron chi connectivity index (χ1n) is 5.96. The van der Waals surface area contributed by atoms with Gasteiger partial charge in [0, 0.05) is 6.42 Å². The molecule has 17 heavy (non-hydrogen) atoms. The molecule has 0 amide bonds. The van der Waals surface area contributed by atoms with Gasteiger partial charge in [0.2, 0.25) is 0 Å². The number of rotatable bonds is 2. The van der Waals surface area contributed by atoms with Crippen molar-refractivity contribution in [2.75, 3.05) is 6.26 Å². The van der Waals surface area contributed by atoms with E-state index in [0.717, 1.165) is 12.2 Å². The number of ether oxygens (including phenoxy) is 1. The molecule has 1 aliphatic heterocycles. The Morgan fingerprint density at radius 1 is 1.35 bits per heavy atom. The number of hydrogen-bond donors (Lipinski definition) is 0. The molecule has 0 fully saturated rings. The second-order valence-corrected chi connectivity index (χ2v) is 6.32. The molecule has 2 rings (SSSR count). The van der Waals surface area contributed by atoms with Gasteiger partial charge in [-0.3, -0.25) is 0 Å². The van der Waals surface area contributed by atoms with Gasteiger partial charge in [-0.05, 0) is 57.2 Å². The Labute approximate surface area is 108 Å². The van der Waals surface area contributed by atoms with Crippen molar-refractivity contribution in [1.29, 1.82) is 0 Å². The number of allylic oxidation sites excluding steroid dienone is 1. The summed E-state index contributed by atoms with van der Waals surface area (Å²) in [6.07, 6.45) is 5.34. The average molecular weight is 248 g/mol. The lowest BCUT2D eigenvalue weighted by Crippen LogP contribution is -2.24. The minimum atomic E-state index is -0.0591. The SMILES string of the molecule is CSc1cc(C=C(C)C)cc2c1OC(C)(C)C2. The predicted octanol–water partition coefficient (Wildman–Crippen LogP) is 4.55. The first-order valence-corrected chi connectivity index (χ1v) is 7.18. The van der Waals surface area contributed by atoms with Crippen molar-refractivity contribution in [3.05, 3.63) is 28.8 Å². The van der Waals surface area contributed by atoms with Crippen molar-refractivity contribution in [3.63, 3.8) is 0 Å². The van der Waals surface area contributed by atoms with E-state index in [2.05, 4.69) is 52.2 Å². The van der Waals surface area contributed by atoms with Crippen molar-refractivity contribution in [2.24, 2.45) is 0 Å². The molecule has 0 saturated carbocycles. The normalized spacial score (nSPS) is 16.3. The zero-order chi connectivity index (χ0) is 12.6. The molecule has 1 aliphatic rings. The van der Waals surface area contributed by atoms with Crippen LogP contribution in [0.15, 0.2) is 22.6 Å². The number of hydrogen-bond acceptors (Lipinski definition) is 2. The van der Waals surface area contributed by atoms with Gasteiger partial charge in [-0.2, -0.15) is 0 Å². The summed E-state index contributed by atoms with van der Waals surface area (Å²) >= 11 is 1.76. The van der Waals surface area contributed by atoms with Gasteiger partial charge >= 0.3 is 0 Å². The van der Waals surface area contributed by atoms with Crippen molar-refractivity contribution in [1.82, 2.24) is 0 Å². The zero-order valence-electron chi connectivity index (χ0n) is 11.3. The smallest absolute Gasteiger partial charge is 0.137 e. The van der Waals surface area contributed by atoms with E-state index in [1.165, 1.54) is 21.6 Å². The Bertz CT molecular complexity index is 468. The van der Waals surface area contributed by atoms with E-state index in [0.29, 0.717) is 0 Å². The Kier molecular flexibility index (Phi) is 3.26. The fourth-order valence-electron chi connectivity index (χ4n) is 2.27.